The van der Waals surface area contributed by atoms with Crippen LogP contribution in [-0.4, -0.2) is 26.4 Å². The lowest BCUT2D eigenvalue weighted by molar-refractivity contribution is 0.0557. The van der Waals surface area contributed by atoms with Gasteiger partial charge in [-0.1, -0.05) is 6.07 Å². The molecule has 106 valence electrons. The number of rotatable bonds is 5. The van der Waals surface area contributed by atoms with E-state index in [2.05, 4.69) is 12.2 Å². The predicted octanol–water partition coefficient (Wildman–Crippen LogP) is 2.74. The second kappa shape index (κ2) is 6.87. The van der Waals surface area contributed by atoms with Crippen molar-refractivity contribution in [3.05, 3.63) is 29.6 Å². The Bertz CT molecular complexity index is 405. The Morgan fingerprint density at radius 1 is 1.42 bits per heavy atom. The molecular formula is C15H22FNO2. The number of halogens is 1. The van der Waals surface area contributed by atoms with E-state index in [0.29, 0.717) is 29.8 Å². The molecule has 4 heteroatoms. The second-order valence-corrected chi connectivity index (χ2v) is 5.08. The average Bonchev–Trinajstić information content (AvgIpc) is 2.46. The van der Waals surface area contributed by atoms with Gasteiger partial charge >= 0.3 is 0 Å². The Kier molecular flexibility index (Phi) is 5.16. The van der Waals surface area contributed by atoms with Gasteiger partial charge in [-0.2, -0.15) is 0 Å². The van der Waals surface area contributed by atoms with Gasteiger partial charge < -0.3 is 14.8 Å². The monoisotopic (exact) mass is 267 g/mol. The summed E-state index contributed by atoms with van der Waals surface area (Å²) in [7, 11) is 1.54. The summed E-state index contributed by atoms with van der Waals surface area (Å²) in [6.07, 6.45) is 2.17. The van der Waals surface area contributed by atoms with E-state index >= 15 is 0 Å². The fourth-order valence-corrected chi connectivity index (χ4v) is 2.45. The normalized spacial score (nSPS) is 18.3. The van der Waals surface area contributed by atoms with Crippen LogP contribution < -0.4 is 10.1 Å². The number of hydrogen-bond acceptors (Lipinski definition) is 3. The number of hydrogen-bond donors (Lipinski definition) is 1. The number of benzene rings is 1. The minimum absolute atomic E-state index is 0.217. The maximum atomic E-state index is 13.8. The topological polar surface area (TPSA) is 30.5 Å². The van der Waals surface area contributed by atoms with E-state index in [1.165, 1.54) is 6.07 Å². The Labute approximate surface area is 114 Å². The first-order chi connectivity index (χ1) is 9.20. The fourth-order valence-electron chi connectivity index (χ4n) is 2.45. The summed E-state index contributed by atoms with van der Waals surface area (Å²) in [5, 5.41) is 3.41. The van der Waals surface area contributed by atoms with Gasteiger partial charge in [-0.15, -0.1) is 0 Å². The third-order valence-electron chi connectivity index (χ3n) is 3.85. The largest absolute Gasteiger partial charge is 0.497 e. The van der Waals surface area contributed by atoms with Crippen molar-refractivity contribution in [2.45, 2.75) is 32.4 Å². The Morgan fingerprint density at radius 3 is 2.79 bits per heavy atom. The van der Waals surface area contributed by atoms with Crippen molar-refractivity contribution >= 4 is 0 Å². The predicted molar refractivity (Wildman–Crippen MR) is 72.8 cm³/mol. The van der Waals surface area contributed by atoms with Crippen LogP contribution in [0.25, 0.3) is 0 Å². The fraction of sp³-hybridized carbons (Fsp3) is 0.600. The molecule has 0 amide bonds. The molecule has 1 saturated heterocycles. The van der Waals surface area contributed by atoms with Crippen molar-refractivity contribution in [3.63, 3.8) is 0 Å². The SMILES string of the molecule is COc1ccc(CNC(C)C2CCOCC2)c(F)c1. The highest BCUT2D eigenvalue weighted by molar-refractivity contribution is 5.28. The number of nitrogens with one attached hydrogen (secondary N) is 1. The van der Waals surface area contributed by atoms with Crippen LogP contribution in [0.5, 0.6) is 5.75 Å². The second-order valence-electron chi connectivity index (χ2n) is 5.08. The molecule has 1 N–H and O–H groups in total. The summed E-state index contributed by atoms with van der Waals surface area (Å²) in [4.78, 5) is 0. The molecule has 0 radical (unpaired) electrons. The van der Waals surface area contributed by atoms with Crippen LogP contribution in [0.15, 0.2) is 18.2 Å². The minimum atomic E-state index is -0.217. The van der Waals surface area contributed by atoms with Crippen LogP contribution in [0, 0.1) is 11.7 Å². The highest BCUT2D eigenvalue weighted by Crippen LogP contribution is 2.20. The summed E-state index contributed by atoms with van der Waals surface area (Å²) in [6, 6.07) is 5.37. The zero-order chi connectivity index (χ0) is 13.7. The molecule has 0 aliphatic carbocycles. The van der Waals surface area contributed by atoms with E-state index in [9.17, 15) is 4.39 Å². The molecule has 1 aliphatic heterocycles. The maximum absolute atomic E-state index is 13.8. The summed E-state index contributed by atoms with van der Waals surface area (Å²) in [5.41, 5.74) is 0.680. The van der Waals surface area contributed by atoms with Crippen LogP contribution in [0.2, 0.25) is 0 Å². The van der Waals surface area contributed by atoms with Crippen molar-refractivity contribution < 1.29 is 13.9 Å². The lowest BCUT2D eigenvalue weighted by atomic mass is 9.93. The molecule has 2 rings (SSSR count). The third kappa shape index (κ3) is 3.91. The van der Waals surface area contributed by atoms with Crippen LogP contribution in [0.1, 0.15) is 25.3 Å². The lowest BCUT2D eigenvalue weighted by Gasteiger charge is -2.28. The summed E-state index contributed by atoms with van der Waals surface area (Å²) < 4.78 is 24.1. The molecule has 19 heavy (non-hydrogen) atoms. The van der Waals surface area contributed by atoms with Gasteiger partial charge in [0, 0.05) is 37.4 Å². The van der Waals surface area contributed by atoms with Crippen molar-refractivity contribution in [3.8, 4) is 5.75 Å². The molecular weight excluding hydrogens is 245 g/mol. The molecule has 0 spiro atoms. The molecule has 0 saturated carbocycles. The molecule has 1 aromatic rings. The highest BCUT2D eigenvalue weighted by Gasteiger charge is 2.20. The summed E-state index contributed by atoms with van der Waals surface area (Å²) >= 11 is 0. The molecule has 1 aliphatic rings. The summed E-state index contributed by atoms with van der Waals surface area (Å²) in [6.45, 7) is 4.40. The van der Waals surface area contributed by atoms with Crippen molar-refractivity contribution in [2.24, 2.45) is 5.92 Å². The Hall–Kier alpha value is -1.13. The van der Waals surface area contributed by atoms with Crippen molar-refractivity contribution in [1.29, 1.82) is 0 Å². The smallest absolute Gasteiger partial charge is 0.131 e. The Balaban J connectivity index is 1.87. The van der Waals surface area contributed by atoms with Gasteiger partial charge in [-0.05, 0) is 31.7 Å². The van der Waals surface area contributed by atoms with Crippen LogP contribution in [-0.2, 0) is 11.3 Å². The molecule has 1 aromatic carbocycles. The van der Waals surface area contributed by atoms with Gasteiger partial charge in [0.05, 0.1) is 7.11 Å². The molecule has 0 bridgehead atoms. The van der Waals surface area contributed by atoms with E-state index in [1.807, 2.05) is 0 Å². The first-order valence-corrected chi connectivity index (χ1v) is 6.84. The van der Waals surface area contributed by atoms with Gasteiger partial charge in [-0.3, -0.25) is 0 Å². The van der Waals surface area contributed by atoms with E-state index in [1.54, 1.807) is 19.2 Å². The zero-order valence-electron chi connectivity index (χ0n) is 11.6. The first-order valence-electron chi connectivity index (χ1n) is 6.84. The van der Waals surface area contributed by atoms with Gasteiger partial charge in [0.1, 0.15) is 11.6 Å². The number of ether oxygens (including phenoxy) is 2. The van der Waals surface area contributed by atoms with Gasteiger partial charge in [0.2, 0.25) is 0 Å². The van der Waals surface area contributed by atoms with Crippen molar-refractivity contribution in [2.75, 3.05) is 20.3 Å². The van der Waals surface area contributed by atoms with Crippen LogP contribution in [0.4, 0.5) is 4.39 Å². The molecule has 1 heterocycles. The highest BCUT2D eigenvalue weighted by atomic mass is 19.1. The average molecular weight is 267 g/mol. The zero-order valence-corrected chi connectivity index (χ0v) is 11.6. The molecule has 0 aromatic heterocycles. The van der Waals surface area contributed by atoms with Gasteiger partial charge in [0.25, 0.3) is 0 Å². The molecule has 1 unspecified atom stereocenters. The standard InChI is InChI=1S/C15H22FNO2/c1-11(12-5-7-19-8-6-12)17-10-13-3-4-14(18-2)9-15(13)16/h3-4,9,11-12,17H,5-8,10H2,1-2H3. The van der Waals surface area contributed by atoms with Crippen LogP contribution in [0.3, 0.4) is 0 Å². The van der Waals surface area contributed by atoms with E-state index in [0.717, 1.165) is 26.1 Å². The maximum Gasteiger partial charge on any atom is 0.131 e. The molecule has 3 nitrogen and oxygen atoms in total. The quantitative estimate of drug-likeness (QED) is 0.890. The van der Waals surface area contributed by atoms with Crippen LogP contribution >= 0.6 is 0 Å². The van der Waals surface area contributed by atoms with E-state index in [-0.39, 0.29) is 5.82 Å². The van der Waals surface area contributed by atoms with Gasteiger partial charge in [0.15, 0.2) is 0 Å². The molecule has 1 atom stereocenters. The van der Waals surface area contributed by atoms with E-state index < -0.39 is 0 Å². The van der Waals surface area contributed by atoms with Gasteiger partial charge in [-0.25, -0.2) is 4.39 Å². The first kappa shape index (κ1) is 14.3. The third-order valence-corrected chi connectivity index (χ3v) is 3.85. The van der Waals surface area contributed by atoms with Crippen molar-refractivity contribution in [1.82, 2.24) is 5.32 Å². The van der Waals surface area contributed by atoms with E-state index in [4.69, 9.17) is 9.47 Å². The lowest BCUT2D eigenvalue weighted by Crippen LogP contribution is -2.36. The number of methoxy groups -OCH3 is 1. The minimum Gasteiger partial charge on any atom is -0.497 e. The summed E-state index contributed by atoms with van der Waals surface area (Å²) in [5.74, 6) is 0.958. The Morgan fingerprint density at radius 2 is 2.16 bits per heavy atom. The molecule has 1 fully saturated rings.